The number of fused-ring (bicyclic) bond motifs is 1. The Morgan fingerprint density at radius 1 is 1.09 bits per heavy atom. The second-order valence-electron chi connectivity index (χ2n) is 8.05. The highest BCUT2D eigenvalue weighted by atomic mass is 16.5. The minimum atomic E-state index is -0.261. The Balaban J connectivity index is 1.34. The fraction of sp³-hybridized carbons (Fsp3) is 0.154. The van der Waals surface area contributed by atoms with E-state index < -0.39 is 0 Å². The smallest absolute Gasteiger partial charge is 0.262 e. The number of ether oxygens (including phenoxy) is 1. The number of aromatic nitrogens is 3. The predicted molar refractivity (Wildman–Crippen MR) is 129 cm³/mol. The highest BCUT2D eigenvalue weighted by Crippen LogP contribution is 2.29. The van der Waals surface area contributed by atoms with Crippen LogP contribution in [-0.4, -0.2) is 39.9 Å². The summed E-state index contributed by atoms with van der Waals surface area (Å²) in [6, 6.07) is 18.5. The van der Waals surface area contributed by atoms with Crippen LogP contribution >= 0.6 is 0 Å². The van der Waals surface area contributed by atoms with Gasteiger partial charge in [0, 0.05) is 30.5 Å². The number of carbonyl (C=O) groups is 2. The molecule has 2 aromatic carbocycles. The van der Waals surface area contributed by atoms with Crippen molar-refractivity contribution in [2.24, 2.45) is 0 Å². The quantitative estimate of drug-likeness (QED) is 0.412. The summed E-state index contributed by atoms with van der Waals surface area (Å²) in [5, 5.41) is 5.67. The molecule has 2 amide bonds. The number of carbonyl (C=O) groups excluding carboxylic acids is 2. The van der Waals surface area contributed by atoms with Gasteiger partial charge in [0.05, 0.1) is 22.5 Å². The first-order chi connectivity index (χ1) is 16.6. The molecule has 8 heteroatoms. The molecule has 34 heavy (non-hydrogen) atoms. The Kier molecular flexibility index (Phi) is 5.78. The number of benzene rings is 2. The van der Waals surface area contributed by atoms with Gasteiger partial charge in [-0.1, -0.05) is 29.8 Å². The molecule has 0 bridgehead atoms. The van der Waals surface area contributed by atoms with Gasteiger partial charge in [-0.25, -0.2) is 9.97 Å². The number of para-hydroxylation sites is 1. The molecule has 0 saturated carbocycles. The average Bonchev–Trinajstić information content (AvgIpc) is 3.30. The van der Waals surface area contributed by atoms with Crippen LogP contribution in [0.25, 0.3) is 22.8 Å². The number of H-pyrrole nitrogens is 1. The summed E-state index contributed by atoms with van der Waals surface area (Å²) < 4.78 is 5.82. The minimum Gasteiger partial charge on any atom is -0.483 e. The second kappa shape index (κ2) is 9.19. The molecule has 0 atom stereocenters. The van der Waals surface area contributed by atoms with Crippen molar-refractivity contribution in [1.29, 1.82) is 0 Å². The number of anilines is 1. The SMILES string of the molecule is Cc1ccc(NC(=O)COc2ccccc2-c2nccc(-c3cc4c([nH]3)CCNC4=O)n2)cc1. The molecule has 2 aromatic heterocycles. The molecule has 8 nitrogen and oxygen atoms in total. The zero-order valence-corrected chi connectivity index (χ0v) is 18.6. The van der Waals surface area contributed by atoms with Crippen LogP contribution in [0.1, 0.15) is 21.6 Å². The summed E-state index contributed by atoms with van der Waals surface area (Å²) in [5.41, 5.74) is 5.47. The van der Waals surface area contributed by atoms with E-state index in [2.05, 4.69) is 20.6 Å². The molecule has 0 spiro atoms. The van der Waals surface area contributed by atoms with Crippen molar-refractivity contribution < 1.29 is 14.3 Å². The number of nitrogens with zero attached hydrogens (tertiary/aromatic N) is 2. The van der Waals surface area contributed by atoms with Crippen molar-refractivity contribution in [2.45, 2.75) is 13.3 Å². The Bertz CT molecular complexity index is 1360. The number of amides is 2. The van der Waals surface area contributed by atoms with Crippen LogP contribution in [0.3, 0.4) is 0 Å². The van der Waals surface area contributed by atoms with Crippen molar-refractivity contribution in [3.8, 4) is 28.5 Å². The lowest BCUT2D eigenvalue weighted by molar-refractivity contribution is -0.118. The largest absolute Gasteiger partial charge is 0.483 e. The first-order valence-corrected chi connectivity index (χ1v) is 11.0. The van der Waals surface area contributed by atoms with E-state index in [1.165, 1.54) is 0 Å². The van der Waals surface area contributed by atoms with Gasteiger partial charge in [-0.3, -0.25) is 9.59 Å². The van der Waals surface area contributed by atoms with E-state index in [4.69, 9.17) is 9.72 Å². The second-order valence-corrected chi connectivity index (χ2v) is 8.05. The summed E-state index contributed by atoms with van der Waals surface area (Å²) >= 11 is 0. The van der Waals surface area contributed by atoms with E-state index in [1.54, 1.807) is 18.3 Å². The molecule has 0 saturated heterocycles. The number of hydrogen-bond donors (Lipinski definition) is 3. The average molecular weight is 454 g/mol. The Labute approximate surface area is 196 Å². The van der Waals surface area contributed by atoms with Gasteiger partial charge in [0.1, 0.15) is 5.75 Å². The van der Waals surface area contributed by atoms with Gasteiger partial charge < -0.3 is 20.4 Å². The van der Waals surface area contributed by atoms with Crippen LogP contribution in [0.4, 0.5) is 5.69 Å². The Hall–Kier alpha value is -4.46. The summed E-state index contributed by atoms with van der Waals surface area (Å²) in [6.45, 7) is 2.45. The maximum atomic E-state index is 12.4. The van der Waals surface area contributed by atoms with E-state index in [1.807, 2.05) is 55.5 Å². The third kappa shape index (κ3) is 4.52. The molecule has 170 valence electrons. The topological polar surface area (TPSA) is 109 Å². The van der Waals surface area contributed by atoms with Gasteiger partial charge in [0.2, 0.25) is 0 Å². The molecular formula is C26H23N5O3. The van der Waals surface area contributed by atoms with Crippen molar-refractivity contribution in [1.82, 2.24) is 20.3 Å². The first-order valence-electron chi connectivity index (χ1n) is 11.0. The molecule has 3 heterocycles. The fourth-order valence-corrected chi connectivity index (χ4v) is 3.82. The van der Waals surface area contributed by atoms with E-state index in [0.717, 1.165) is 23.4 Å². The highest BCUT2D eigenvalue weighted by Gasteiger charge is 2.21. The Morgan fingerprint density at radius 3 is 2.74 bits per heavy atom. The van der Waals surface area contributed by atoms with Gasteiger partial charge in [0.25, 0.3) is 11.8 Å². The van der Waals surface area contributed by atoms with Crippen molar-refractivity contribution in [3.05, 3.63) is 83.7 Å². The third-order valence-corrected chi connectivity index (χ3v) is 5.56. The lowest BCUT2D eigenvalue weighted by atomic mass is 10.1. The lowest BCUT2D eigenvalue weighted by Gasteiger charge is -2.11. The van der Waals surface area contributed by atoms with Crippen molar-refractivity contribution in [3.63, 3.8) is 0 Å². The summed E-state index contributed by atoms with van der Waals surface area (Å²) in [6.07, 6.45) is 2.42. The Morgan fingerprint density at radius 2 is 1.91 bits per heavy atom. The van der Waals surface area contributed by atoms with Gasteiger partial charge in [0.15, 0.2) is 12.4 Å². The van der Waals surface area contributed by atoms with Gasteiger partial charge in [-0.15, -0.1) is 0 Å². The van der Waals surface area contributed by atoms with Gasteiger partial charge >= 0.3 is 0 Å². The summed E-state index contributed by atoms with van der Waals surface area (Å²) in [4.78, 5) is 36.9. The van der Waals surface area contributed by atoms with Crippen LogP contribution < -0.4 is 15.4 Å². The zero-order chi connectivity index (χ0) is 23.5. The summed E-state index contributed by atoms with van der Waals surface area (Å²) in [7, 11) is 0. The normalized spacial score (nSPS) is 12.6. The van der Waals surface area contributed by atoms with Gasteiger partial charge in [-0.05, 0) is 43.3 Å². The maximum absolute atomic E-state index is 12.4. The van der Waals surface area contributed by atoms with Crippen LogP contribution in [0.5, 0.6) is 5.75 Å². The molecule has 5 rings (SSSR count). The van der Waals surface area contributed by atoms with E-state index in [0.29, 0.717) is 40.6 Å². The van der Waals surface area contributed by atoms with Gasteiger partial charge in [-0.2, -0.15) is 0 Å². The molecule has 0 fully saturated rings. The third-order valence-electron chi connectivity index (χ3n) is 5.56. The molecule has 1 aliphatic heterocycles. The lowest BCUT2D eigenvalue weighted by Crippen LogP contribution is -2.31. The summed E-state index contributed by atoms with van der Waals surface area (Å²) in [5.74, 6) is 0.622. The molecule has 3 N–H and O–H groups in total. The molecule has 0 unspecified atom stereocenters. The van der Waals surface area contributed by atoms with Crippen LogP contribution in [0.15, 0.2) is 66.9 Å². The first kappa shape index (κ1) is 21.4. The molecule has 1 aliphatic rings. The van der Waals surface area contributed by atoms with E-state index in [9.17, 15) is 9.59 Å². The number of aryl methyl sites for hydroxylation is 1. The maximum Gasteiger partial charge on any atom is 0.262 e. The molecular weight excluding hydrogens is 430 g/mol. The van der Waals surface area contributed by atoms with E-state index in [-0.39, 0.29) is 18.4 Å². The van der Waals surface area contributed by atoms with Crippen LogP contribution in [0.2, 0.25) is 0 Å². The predicted octanol–water partition coefficient (Wildman–Crippen LogP) is 3.75. The number of hydrogen-bond acceptors (Lipinski definition) is 5. The van der Waals surface area contributed by atoms with Crippen molar-refractivity contribution in [2.75, 3.05) is 18.5 Å². The van der Waals surface area contributed by atoms with E-state index >= 15 is 0 Å². The molecule has 4 aromatic rings. The molecule has 0 radical (unpaired) electrons. The fourth-order valence-electron chi connectivity index (χ4n) is 3.82. The van der Waals surface area contributed by atoms with Crippen LogP contribution in [0, 0.1) is 6.92 Å². The number of nitrogens with one attached hydrogen (secondary N) is 3. The monoisotopic (exact) mass is 453 g/mol. The highest BCUT2D eigenvalue weighted by molar-refractivity contribution is 5.97. The molecule has 0 aliphatic carbocycles. The zero-order valence-electron chi connectivity index (χ0n) is 18.6. The number of aromatic amines is 1. The number of rotatable bonds is 6. The van der Waals surface area contributed by atoms with Crippen molar-refractivity contribution >= 4 is 17.5 Å². The standard InChI is InChI=1S/C26H23N5O3/c1-16-6-8-17(9-7-16)29-24(32)15-34-23-5-3-2-4-18(23)25-27-12-11-21(31-25)22-14-19-20(30-22)10-13-28-26(19)33/h2-9,11-12,14,30H,10,13,15H2,1H3,(H,28,33)(H,29,32). The minimum absolute atomic E-state index is 0.0827. The van der Waals surface area contributed by atoms with Crippen LogP contribution in [-0.2, 0) is 11.2 Å².